The zero-order valence-electron chi connectivity index (χ0n) is 15.5. The Morgan fingerprint density at radius 3 is 2.15 bits per heavy atom. The van der Waals surface area contributed by atoms with Gasteiger partial charge in [-0.15, -0.1) is 0 Å². The lowest BCUT2D eigenvalue weighted by Crippen LogP contribution is -2.55. The molecule has 0 aliphatic carbocycles. The van der Waals surface area contributed by atoms with E-state index in [1.54, 1.807) is 0 Å². The van der Waals surface area contributed by atoms with Crippen LogP contribution in [-0.2, 0) is 25.5 Å². The molecule has 136 valence electrons. The standard InChI is InChI=1S/C21H23NO4/c1-14-9-11-15(12-10-14)18-21(19(23)25-3,20(24)26-4)13-16-7-5-6-8-17(16)22(18)2/h5-12,18H,13H2,1-4H3. The number of fused-ring (bicyclic) bond motifs is 1. The van der Waals surface area contributed by atoms with Gasteiger partial charge >= 0.3 is 11.9 Å². The summed E-state index contributed by atoms with van der Waals surface area (Å²) < 4.78 is 10.2. The van der Waals surface area contributed by atoms with Crippen molar-refractivity contribution in [3.8, 4) is 0 Å². The Balaban J connectivity index is 2.28. The summed E-state index contributed by atoms with van der Waals surface area (Å²) in [5.41, 5.74) is 2.40. The summed E-state index contributed by atoms with van der Waals surface area (Å²) >= 11 is 0. The maximum atomic E-state index is 12.9. The smallest absolute Gasteiger partial charge is 0.326 e. The van der Waals surface area contributed by atoms with Crippen LogP contribution in [0.2, 0.25) is 0 Å². The first-order chi connectivity index (χ1) is 12.5. The van der Waals surface area contributed by atoms with Gasteiger partial charge in [-0.05, 0) is 24.1 Å². The van der Waals surface area contributed by atoms with Gasteiger partial charge in [-0.2, -0.15) is 0 Å². The van der Waals surface area contributed by atoms with Crippen molar-refractivity contribution >= 4 is 17.6 Å². The first-order valence-corrected chi connectivity index (χ1v) is 8.50. The highest BCUT2D eigenvalue weighted by atomic mass is 16.5. The molecule has 0 saturated carbocycles. The number of nitrogens with zero attached hydrogens (tertiary/aromatic N) is 1. The number of methoxy groups -OCH3 is 2. The van der Waals surface area contributed by atoms with Crippen LogP contribution in [0.3, 0.4) is 0 Å². The van der Waals surface area contributed by atoms with Crippen molar-refractivity contribution in [2.45, 2.75) is 19.4 Å². The van der Waals surface area contributed by atoms with Gasteiger partial charge in [0.2, 0.25) is 0 Å². The highest BCUT2D eigenvalue weighted by Crippen LogP contribution is 2.50. The fourth-order valence-electron chi connectivity index (χ4n) is 3.94. The molecule has 0 aromatic heterocycles. The second-order valence-electron chi connectivity index (χ2n) is 6.68. The first-order valence-electron chi connectivity index (χ1n) is 8.50. The third-order valence-corrected chi connectivity index (χ3v) is 5.19. The first kappa shape index (κ1) is 18.0. The van der Waals surface area contributed by atoms with E-state index < -0.39 is 23.4 Å². The van der Waals surface area contributed by atoms with Crippen LogP contribution >= 0.6 is 0 Å². The fraction of sp³-hybridized carbons (Fsp3) is 0.333. The molecule has 5 nitrogen and oxygen atoms in total. The third-order valence-electron chi connectivity index (χ3n) is 5.19. The Kier molecular flexibility index (Phi) is 4.72. The van der Waals surface area contributed by atoms with Gasteiger partial charge in [-0.1, -0.05) is 48.0 Å². The maximum absolute atomic E-state index is 12.9. The highest BCUT2D eigenvalue weighted by molar-refractivity contribution is 6.03. The number of aryl methyl sites for hydroxylation is 1. The summed E-state index contributed by atoms with van der Waals surface area (Å²) in [5.74, 6) is -1.17. The zero-order valence-corrected chi connectivity index (χ0v) is 15.5. The minimum atomic E-state index is -1.47. The molecule has 1 heterocycles. The molecular weight excluding hydrogens is 330 g/mol. The molecule has 3 rings (SSSR count). The number of anilines is 1. The van der Waals surface area contributed by atoms with Crippen molar-refractivity contribution in [3.05, 3.63) is 65.2 Å². The number of rotatable bonds is 3. The Bertz CT molecular complexity index is 812. The van der Waals surface area contributed by atoms with E-state index in [-0.39, 0.29) is 6.42 Å². The minimum Gasteiger partial charge on any atom is -0.468 e. The van der Waals surface area contributed by atoms with Gasteiger partial charge in [0.25, 0.3) is 0 Å². The van der Waals surface area contributed by atoms with Crippen LogP contribution in [0, 0.1) is 12.3 Å². The van der Waals surface area contributed by atoms with E-state index in [1.807, 2.05) is 67.4 Å². The Hall–Kier alpha value is -2.82. The van der Waals surface area contributed by atoms with Crippen LogP contribution in [0.5, 0.6) is 0 Å². The predicted molar refractivity (Wildman–Crippen MR) is 98.9 cm³/mol. The van der Waals surface area contributed by atoms with Gasteiger partial charge in [0, 0.05) is 19.2 Å². The number of esters is 2. The number of benzene rings is 2. The summed E-state index contributed by atoms with van der Waals surface area (Å²) in [6.07, 6.45) is 0.228. The third kappa shape index (κ3) is 2.64. The van der Waals surface area contributed by atoms with Crippen LogP contribution in [0.15, 0.2) is 48.5 Å². The normalized spacial score (nSPS) is 18.0. The van der Waals surface area contributed by atoms with Gasteiger partial charge < -0.3 is 14.4 Å². The number of ether oxygens (including phenoxy) is 2. The molecule has 0 saturated heterocycles. The topological polar surface area (TPSA) is 55.8 Å². The van der Waals surface area contributed by atoms with Gasteiger partial charge in [0.1, 0.15) is 0 Å². The molecule has 0 radical (unpaired) electrons. The molecule has 1 aliphatic rings. The lowest BCUT2D eigenvalue weighted by Gasteiger charge is -2.46. The average molecular weight is 353 g/mol. The van der Waals surface area contributed by atoms with E-state index in [0.29, 0.717) is 0 Å². The van der Waals surface area contributed by atoms with Crippen molar-refractivity contribution in [2.75, 3.05) is 26.2 Å². The molecule has 2 aromatic rings. The fourth-order valence-corrected chi connectivity index (χ4v) is 3.94. The van der Waals surface area contributed by atoms with E-state index >= 15 is 0 Å². The lowest BCUT2D eigenvalue weighted by molar-refractivity contribution is -0.171. The van der Waals surface area contributed by atoms with Gasteiger partial charge in [-0.3, -0.25) is 9.59 Å². The molecule has 0 amide bonds. The monoisotopic (exact) mass is 353 g/mol. The van der Waals surface area contributed by atoms with Crippen LogP contribution in [0.25, 0.3) is 0 Å². The predicted octanol–water partition coefficient (Wildman–Crippen LogP) is 3.06. The van der Waals surface area contributed by atoms with E-state index in [4.69, 9.17) is 9.47 Å². The molecule has 2 aromatic carbocycles. The van der Waals surface area contributed by atoms with Gasteiger partial charge in [0.15, 0.2) is 5.41 Å². The molecular formula is C21H23NO4. The number of hydrogen-bond acceptors (Lipinski definition) is 5. The van der Waals surface area contributed by atoms with Crippen molar-refractivity contribution in [3.63, 3.8) is 0 Å². The maximum Gasteiger partial charge on any atom is 0.326 e. The van der Waals surface area contributed by atoms with Crippen molar-refractivity contribution in [1.82, 2.24) is 0 Å². The number of hydrogen-bond donors (Lipinski definition) is 0. The summed E-state index contributed by atoms with van der Waals surface area (Å²) in [7, 11) is 4.50. The van der Waals surface area contributed by atoms with Crippen molar-refractivity contribution in [1.29, 1.82) is 0 Å². The van der Waals surface area contributed by atoms with E-state index in [0.717, 1.165) is 22.4 Å². The number of para-hydroxylation sites is 1. The molecule has 5 heteroatoms. The summed E-state index contributed by atoms with van der Waals surface area (Å²) in [6, 6.07) is 15.1. The summed E-state index contributed by atoms with van der Waals surface area (Å²) in [4.78, 5) is 27.9. The van der Waals surface area contributed by atoms with E-state index in [2.05, 4.69) is 0 Å². The molecule has 1 unspecified atom stereocenters. The molecule has 0 spiro atoms. The number of carbonyl (C=O) groups is 2. The Labute approximate surface area is 153 Å². The molecule has 1 aliphatic heterocycles. The van der Waals surface area contributed by atoms with Crippen molar-refractivity contribution < 1.29 is 19.1 Å². The average Bonchev–Trinajstić information content (AvgIpc) is 2.67. The Morgan fingerprint density at radius 2 is 1.58 bits per heavy atom. The molecule has 0 fully saturated rings. The van der Waals surface area contributed by atoms with Crippen LogP contribution in [0.1, 0.15) is 22.7 Å². The van der Waals surface area contributed by atoms with Gasteiger partial charge in [0.05, 0.1) is 20.3 Å². The molecule has 26 heavy (non-hydrogen) atoms. The zero-order chi connectivity index (χ0) is 18.9. The molecule has 0 bridgehead atoms. The van der Waals surface area contributed by atoms with E-state index in [9.17, 15) is 9.59 Å². The van der Waals surface area contributed by atoms with Gasteiger partial charge in [-0.25, -0.2) is 0 Å². The van der Waals surface area contributed by atoms with E-state index in [1.165, 1.54) is 14.2 Å². The minimum absolute atomic E-state index is 0.228. The molecule has 1 atom stereocenters. The van der Waals surface area contributed by atoms with Crippen LogP contribution < -0.4 is 4.90 Å². The van der Waals surface area contributed by atoms with Crippen molar-refractivity contribution in [2.24, 2.45) is 5.41 Å². The Morgan fingerprint density at radius 1 is 1.00 bits per heavy atom. The quantitative estimate of drug-likeness (QED) is 0.627. The number of carbonyl (C=O) groups excluding carboxylic acids is 2. The second kappa shape index (κ2) is 6.83. The summed E-state index contributed by atoms with van der Waals surface area (Å²) in [6.45, 7) is 2.00. The van der Waals surface area contributed by atoms with Crippen LogP contribution in [0.4, 0.5) is 5.69 Å². The van der Waals surface area contributed by atoms with Crippen LogP contribution in [-0.4, -0.2) is 33.2 Å². The molecule has 0 N–H and O–H groups in total. The summed E-state index contributed by atoms with van der Waals surface area (Å²) in [5, 5.41) is 0. The SMILES string of the molecule is COC(=O)C1(C(=O)OC)Cc2ccccc2N(C)C1c1ccc(C)cc1. The highest BCUT2D eigenvalue weighted by Gasteiger charge is 2.59. The second-order valence-corrected chi connectivity index (χ2v) is 6.68. The largest absolute Gasteiger partial charge is 0.468 e. The lowest BCUT2D eigenvalue weighted by atomic mass is 9.68.